The lowest BCUT2D eigenvalue weighted by molar-refractivity contribution is -0.164. The maximum Gasteiger partial charge on any atom is 0.327 e. The van der Waals surface area contributed by atoms with E-state index in [4.69, 9.17) is 4.74 Å². The minimum Gasteiger partial charge on any atom is -0.489 e. The number of rotatable bonds is 6. The Hall–Kier alpha value is -2.37. The molecule has 1 rings (SSSR count). The molecule has 0 saturated heterocycles. The highest BCUT2D eigenvalue weighted by atomic mass is 19.1. The Morgan fingerprint density at radius 2 is 1.81 bits per heavy atom. The van der Waals surface area contributed by atoms with Crippen LogP contribution in [0.3, 0.4) is 0 Å². The molecule has 0 aliphatic carbocycles. The van der Waals surface area contributed by atoms with E-state index in [1.54, 1.807) is 6.07 Å². The molecule has 114 valence electrons. The summed E-state index contributed by atoms with van der Waals surface area (Å²) in [5, 5.41) is 0. The van der Waals surface area contributed by atoms with Gasteiger partial charge in [-0.15, -0.1) is 0 Å². The second-order valence-corrected chi connectivity index (χ2v) is 4.46. The van der Waals surface area contributed by atoms with Gasteiger partial charge in [-0.2, -0.15) is 0 Å². The van der Waals surface area contributed by atoms with Crippen molar-refractivity contribution >= 4 is 11.9 Å². The van der Waals surface area contributed by atoms with Crippen molar-refractivity contribution in [3.63, 3.8) is 0 Å². The molecule has 1 aromatic carbocycles. The molecule has 6 heteroatoms. The van der Waals surface area contributed by atoms with Crippen molar-refractivity contribution in [3.8, 4) is 5.75 Å². The predicted octanol–water partition coefficient (Wildman–Crippen LogP) is 2.11. The van der Waals surface area contributed by atoms with Crippen LogP contribution in [0.4, 0.5) is 4.39 Å². The highest BCUT2D eigenvalue weighted by Gasteiger charge is 2.46. The number of halogens is 1. The summed E-state index contributed by atoms with van der Waals surface area (Å²) < 4.78 is 27.6. The average Bonchev–Trinajstić information content (AvgIpc) is 2.50. The third-order valence-electron chi connectivity index (χ3n) is 3.10. The second-order valence-electron chi connectivity index (χ2n) is 4.46. The number of esters is 2. The topological polar surface area (TPSA) is 61.8 Å². The number of carbonyl (C=O) groups excluding carboxylic acids is 2. The molecule has 21 heavy (non-hydrogen) atoms. The van der Waals surface area contributed by atoms with Gasteiger partial charge in [0.15, 0.2) is 5.41 Å². The molecule has 5 nitrogen and oxygen atoms in total. The van der Waals surface area contributed by atoms with Crippen LogP contribution in [0.15, 0.2) is 36.4 Å². The first-order valence-electron chi connectivity index (χ1n) is 6.09. The SMILES string of the molecule is C=C(COc1cccc(F)c1)C(C)(C(=O)OC)C(=O)OC. The zero-order valence-electron chi connectivity index (χ0n) is 12.1. The van der Waals surface area contributed by atoms with Crippen LogP contribution in [0, 0.1) is 11.2 Å². The third kappa shape index (κ3) is 3.59. The fraction of sp³-hybridized carbons (Fsp3) is 0.333. The number of methoxy groups -OCH3 is 2. The monoisotopic (exact) mass is 296 g/mol. The van der Waals surface area contributed by atoms with Gasteiger partial charge < -0.3 is 14.2 Å². The average molecular weight is 296 g/mol. The zero-order valence-corrected chi connectivity index (χ0v) is 12.1. The zero-order chi connectivity index (χ0) is 16.0. The summed E-state index contributed by atoms with van der Waals surface area (Å²) in [6.45, 7) is 4.85. The molecule has 0 fully saturated rings. The fourth-order valence-electron chi connectivity index (χ4n) is 1.65. The Kier molecular flexibility index (Phi) is 5.46. The molecule has 1 aromatic rings. The van der Waals surface area contributed by atoms with Crippen LogP contribution in [0.25, 0.3) is 0 Å². The number of carbonyl (C=O) groups is 2. The van der Waals surface area contributed by atoms with E-state index >= 15 is 0 Å². The van der Waals surface area contributed by atoms with Crippen LogP contribution in [0.2, 0.25) is 0 Å². The first kappa shape index (κ1) is 16.7. The summed E-state index contributed by atoms with van der Waals surface area (Å²) in [5.74, 6) is -1.81. The van der Waals surface area contributed by atoms with Gasteiger partial charge in [-0.05, 0) is 24.6 Å². The Labute approximate surface area is 122 Å². The normalized spacial score (nSPS) is 10.7. The van der Waals surface area contributed by atoms with Crippen molar-refractivity contribution in [2.24, 2.45) is 5.41 Å². The van der Waals surface area contributed by atoms with Gasteiger partial charge in [0.2, 0.25) is 0 Å². The van der Waals surface area contributed by atoms with Gasteiger partial charge in [0, 0.05) is 6.07 Å². The van der Waals surface area contributed by atoms with Crippen molar-refractivity contribution < 1.29 is 28.2 Å². The Balaban J connectivity index is 2.87. The quantitative estimate of drug-likeness (QED) is 0.457. The number of hydrogen-bond acceptors (Lipinski definition) is 5. The molecule has 0 aliphatic heterocycles. The van der Waals surface area contributed by atoms with Gasteiger partial charge in [-0.3, -0.25) is 9.59 Å². The van der Waals surface area contributed by atoms with Crippen molar-refractivity contribution in [1.82, 2.24) is 0 Å². The second kappa shape index (κ2) is 6.88. The van der Waals surface area contributed by atoms with Crippen LogP contribution in [-0.2, 0) is 19.1 Å². The first-order chi connectivity index (χ1) is 9.86. The molecule has 0 aliphatic rings. The van der Waals surface area contributed by atoms with E-state index in [0.29, 0.717) is 0 Å². The maximum atomic E-state index is 13.0. The van der Waals surface area contributed by atoms with Crippen LogP contribution in [-0.4, -0.2) is 32.8 Å². The minimum absolute atomic E-state index is 0.144. The minimum atomic E-state index is -1.68. The Bertz CT molecular complexity index is 537. The summed E-state index contributed by atoms with van der Waals surface area (Å²) in [4.78, 5) is 23.7. The van der Waals surface area contributed by atoms with Gasteiger partial charge in [0.25, 0.3) is 0 Å². The first-order valence-corrected chi connectivity index (χ1v) is 6.09. The van der Waals surface area contributed by atoms with E-state index in [-0.39, 0.29) is 17.9 Å². The summed E-state index contributed by atoms with van der Waals surface area (Å²) in [5.41, 5.74) is -1.54. The molecule has 0 unspecified atom stereocenters. The van der Waals surface area contributed by atoms with E-state index in [1.165, 1.54) is 25.1 Å². The van der Waals surface area contributed by atoms with Crippen molar-refractivity contribution in [2.75, 3.05) is 20.8 Å². The highest BCUT2D eigenvalue weighted by molar-refractivity contribution is 6.02. The maximum absolute atomic E-state index is 13.0. The molecule has 0 spiro atoms. The van der Waals surface area contributed by atoms with E-state index < -0.39 is 23.2 Å². The largest absolute Gasteiger partial charge is 0.489 e. The van der Waals surface area contributed by atoms with Crippen LogP contribution < -0.4 is 4.74 Å². The van der Waals surface area contributed by atoms with Gasteiger partial charge in [-0.25, -0.2) is 4.39 Å². The van der Waals surface area contributed by atoms with Crippen molar-refractivity contribution in [1.29, 1.82) is 0 Å². The van der Waals surface area contributed by atoms with Gasteiger partial charge in [0.1, 0.15) is 18.2 Å². The van der Waals surface area contributed by atoms with Crippen molar-refractivity contribution in [3.05, 3.63) is 42.2 Å². The number of hydrogen-bond donors (Lipinski definition) is 0. The lowest BCUT2D eigenvalue weighted by Crippen LogP contribution is -2.41. The summed E-state index contributed by atoms with van der Waals surface area (Å²) in [6, 6.07) is 5.48. The van der Waals surface area contributed by atoms with Gasteiger partial charge in [0.05, 0.1) is 14.2 Å². The molecular formula is C15H17FO5. The third-order valence-corrected chi connectivity index (χ3v) is 3.10. The Morgan fingerprint density at radius 1 is 1.24 bits per heavy atom. The standard InChI is InChI=1S/C15H17FO5/c1-10(9-21-12-7-5-6-11(16)8-12)15(2,13(17)19-3)14(18)20-4/h5-8H,1,9H2,2-4H3. The molecule has 0 saturated carbocycles. The van der Waals surface area contributed by atoms with Gasteiger partial charge >= 0.3 is 11.9 Å². The molecule has 0 atom stereocenters. The summed E-state index contributed by atoms with van der Waals surface area (Å²) in [7, 11) is 2.31. The molecule has 0 heterocycles. The molecule has 0 bridgehead atoms. The molecular weight excluding hydrogens is 279 g/mol. The molecule has 0 radical (unpaired) electrons. The molecule has 0 amide bonds. The number of ether oxygens (including phenoxy) is 3. The van der Waals surface area contributed by atoms with Crippen LogP contribution in [0.5, 0.6) is 5.75 Å². The van der Waals surface area contributed by atoms with Crippen LogP contribution >= 0.6 is 0 Å². The highest BCUT2D eigenvalue weighted by Crippen LogP contribution is 2.29. The number of benzene rings is 1. The smallest absolute Gasteiger partial charge is 0.327 e. The predicted molar refractivity (Wildman–Crippen MR) is 73.2 cm³/mol. The van der Waals surface area contributed by atoms with Crippen molar-refractivity contribution in [2.45, 2.75) is 6.92 Å². The Morgan fingerprint density at radius 3 is 2.29 bits per heavy atom. The van der Waals surface area contributed by atoms with E-state index in [1.807, 2.05) is 0 Å². The summed E-state index contributed by atoms with van der Waals surface area (Å²) >= 11 is 0. The molecule has 0 aromatic heterocycles. The fourth-order valence-corrected chi connectivity index (χ4v) is 1.65. The summed E-state index contributed by atoms with van der Waals surface area (Å²) in [6.07, 6.45) is 0. The van der Waals surface area contributed by atoms with E-state index in [0.717, 1.165) is 14.2 Å². The lowest BCUT2D eigenvalue weighted by atomic mass is 9.83. The molecule has 0 N–H and O–H groups in total. The van der Waals surface area contributed by atoms with E-state index in [9.17, 15) is 14.0 Å². The van der Waals surface area contributed by atoms with E-state index in [2.05, 4.69) is 16.1 Å². The lowest BCUT2D eigenvalue weighted by Gasteiger charge is -2.26. The van der Waals surface area contributed by atoms with Crippen LogP contribution in [0.1, 0.15) is 6.92 Å². The van der Waals surface area contributed by atoms with Gasteiger partial charge in [-0.1, -0.05) is 12.6 Å².